The van der Waals surface area contributed by atoms with Crippen molar-refractivity contribution in [3.05, 3.63) is 23.8 Å². The molecule has 0 aromatic heterocycles. The van der Waals surface area contributed by atoms with Crippen LogP contribution in [0.15, 0.2) is 18.2 Å². The topological polar surface area (TPSA) is 90.9 Å². The van der Waals surface area contributed by atoms with Crippen molar-refractivity contribution in [1.29, 1.82) is 0 Å². The van der Waals surface area contributed by atoms with E-state index in [0.29, 0.717) is 18.0 Å². The zero-order valence-electron chi connectivity index (χ0n) is 14.7. The first-order chi connectivity index (χ1) is 12.0. The SMILES string of the molecule is CCOc1ccc2c(c1)C(CCC(=O)OC)(CCC(=O)OC)C(=O)N2. The summed E-state index contributed by atoms with van der Waals surface area (Å²) in [5.41, 5.74) is 0.407. The number of methoxy groups -OCH3 is 2. The minimum absolute atomic E-state index is 0.0728. The number of amides is 1. The van der Waals surface area contributed by atoms with Gasteiger partial charge in [-0.3, -0.25) is 14.4 Å². The molecule has 0 saturated heterocycles. The standard InChI is InChI=1S/C18H23NO6/c1-4-25-12-5-6-14-13(11-12)18(17(22)19-14,9-7-15(20)23-2)10-8-16(21)24-3/h5-6,11H,4,7-10H2,1-3H3,(H,19,22). The Morgan fingerprint density at radius 2 is 1.68 bits per heavy atom. The largest absolute Gasteiger partial charge is 0.494 e. The van der Waals surface area contributed by atoms with E-state index in [1.807, 2.05) is 6.92 Å². The Balaban J connectivity index is 2.39. The van der Waals surface area contributed by atoms with Crippen molar-refractivity contribution in [2.45, 2.75) is 38.0 Å². The van der Waals surface area contributed by atoms with E-state index < -0.39 is 17.4 Å². The van der Waals surface area contributed by atoms with Crippen LogP contribution in [0.4, 0.5) is 5.69 Å². The fourth-order valence-corrected chi connectivity index (χ4v) is 3.11. The first-order valence-electron chi connectivity index (χ1n) is 8.19. The van der Waals surface area contributed by atoms with Crippen LogP contribution in [0.3, 0.4) is 0 Å². The van der Waals surface area contributed by atoms with Crippen LogP contribution in [0.1, 0.15) is 38.2 Å². The van der Waals surface area contributed by atoms with Crippen LogP contribution >= 0.6 is 0 Å². The number of fused-ring (bicyclic) bond motifs is 1. The van der Waals surface area contributed by atoms with Crippen LogP contribution in [0.2, 0.25) is 0 Å². The van der Waals surface area contributed by atoms with Crippen LogP contribution in [0.5, 0.6) is 5.75 Å². The number of hydrogen-bond acceptors (Lipinski definition) is 6. The maximum atomic E-state index is 12.8. The highest BCUT2D eigenvalue weighted by molar-refractivity contribution is 6.06. The molecule has 1 heterocycles. The van der Waals surface area contributed by atoms with Gasteiger partial charge in [0.2, 0.25) is 5.91 Å². The van der Waals surface area contributed by atoms with Crippen LogP contribution in [0.25, 0.3) is 0 Å². The molecule has 1 aliphatic rings. The van der Waals surface area contributed by atoms with Gasteiger partial charge in [0.15, 0.2) is 0 Å². The van der Waals surface area contributed by atoms with Crippen molar-refractivity contribution in [1.82, 2.24) is 0 Å². The van der Waals surface area contributed by atoms with E-state index >= 15 is 0 Å². The first-order valence-corrected chi connectivity index (χ1v) is 8.19. The van der Waals surface area contributed by atoms with Crippen molar-refractivity contribution < 1.29 is 28.6 Å². The Bertz CT molecular complexity index is 650. The molecule has 1 amide bonds. The molecule has 25 heavy (non-hydrogen) atoms. The quantitative estimate of drug-likeness (QED) is 0.724. The number of ether oxygens (including phenoxy) is 3. The molecule has 0 unspecified atom stereocenters. The summed E-state index contributed by atoms with van der Waals surface area (Å²) in [6.07, 6.45) is 0.628. The number of nitrogens with one attached hydrogen (secondary N) is 1. The van der Waals surface area contributed by atoms with E-state index in [4.69, 9.17) is 14.2 Å². The summed E-state index contributed by atoms with van der Waals surface area (Å²) in [6, 6.07) is 5.35. The predicted molar refractivity (Wildman–Crippen MR) is 90.4 cm³/mol. The maximum absolute atomic E-state index is 12.8. The average Bonchev–Trinajstić information content (AvgIpc) is 2.89. The number of benzene rings is 1. The lowest BCUT2D eigenvalue weighted by Crippen LogP contribution is -2.36. The number of hydrogen-bond donors (Lipinski definition) is 1. The molecule has 0 fully saturated rings. The Kier molecular flexibility index (Phi) is 6.01. The number of anilines is 1. The van der Waals surface area contributed by atoms with Gasteiger partial charge in [-0.1, -0.05) is 0 Å². The predicted octanol–water partition coefficient (Wildman–Crippen LogP) is 2.18. The van der Waals surface area contributed by atoms with Crippen LogP contribution in [-0.2, 0) is 29.3 Å². The van der Waals surface area contributed by atoms with Crippen molar-refractivity contribution in [2.24, 2.45) is 0 Å². The Labute approximate surface area is 146 Å². The lowest BCUT2D eigenvalue weighted by molar-refractivity contribution is -0.141. The molecule has 1 N–H and O–H groups in total. The van der Waals surface area contributed by atoms with E-state index in [2.05, 4.69) is 5.32 Å². The zero-order valence-corrected chi connectivity index (χ0v) is 14.7. The lowest BCUT2D eigenvalue weighted by atomic mass is 9.74. The van der Waals surface area contributed by atoms with E-state index in [9.17, 15) is 14.4 Å². The summed E-state index contributed by atoms with van der Waals surface area (Å²) in [7, 11) is 2.61. The third-order valence-corrected chi connectivity index (χ3v) is 4.47. The summed E-state index contributed by atoms with van der Waals surface area (Å²) >= 11 is 0. The van der Waals surface area contributed by atoms with Gasteiger partial charge in [-0.05, 0) is 43.5 Å². The van der Waals surface area contributed by atoms with Gasteiger partial charge in [-0.2, -0.15) is 0 Å². The molecule has 136 valence electrons. The molecule has 7 heteroatoms. The second-order valence-corrected chi connectivity index (χ2v) is 5.83. The fourth-order valence-electron chi connectivity index (χ4n) is 3.11. The van der Waals surface area contributed by atoms with E-state index in [1.165, 1.54) is 14.2 Å². The molecular formula is C18H23NO6. The van der Waals surface area contributed by atoms with Gasteiger partial charge in [0.25, 0.3) is 0 Å². The summed E-state index contributed by atoms with van der Waals surface area (Å²) in [6.45, 7) is 2.37. The van der Waals surface area contributed by atoms with Crippen molar-refractivity contribution in [3.8, 4) is 5.75 Å². The summed E-state index contributed by atoms with van der Waals surface area (Å²) in [4.78, 5) is 36.0. The molecule has 1 aromatic carbocycles. The van der Waals surface area contributed by atoms with Gasteiger partial charge < -0.3 is 19.5 Å². The van der Waals surface area contributed by atoms with Gasteiger partial charge in [0.05, 0.1) is 26.2 Å². The molecule has 0 spiro atoms. The van der Waals surface area contributed by atoms with Gasteiger partial charge in [0, 0.05) is 18.5 Å². The van der Waals surface area contributed by atoms with E-state index in [1.54, 1.807) is 18.2 Å². The van der Waals surface area contributed by atoms with Crippen LogP contribution < -0.4 is 10.1 Å². The fraction of sp³-hybridized carbons (Fsp3) is 0.500. The third kappa shape index (κ3) is 3.92. The maximum Gasteiger partial charge on any atom is 0.305 e. The van der Waals surface area contributed by atoms with E-state index in [-0.39, 0.29) is 31.6 Å². The Hall–Kier alpha value is -2.57. The highest BCUT2D eigenvalue weighted by Gasteiger charge is 2.47. The summed E-state index contributed by atoms with van der Waals surface area (Å²) < 4.78 is 14.9. The molecule has 0 aliphatic carbocycles. The van der Waals surface area contributed by atoms with Gasteiger partial charge in [-0.15, -0.1) is 0 Å². The first kappa shape index (κ1) is 18.8. The normalized spacial score (nSPS) is 14.4. The number of esters is 2. The number of carbonyl (C=O) groups is 3. The molecular weight excluding hydrogens is 326 g/mol. The smallest absolute Gasteiger partial charge is 0.305 e. The van der Waals surface area contributed by atoms with Gasteiger partial charge in [0.1, 0.15) is 5.75 Å². The summed E-state index contributed by atoms with van der Waals surface area (Å²) in [5.74, 6) is -0.401. The molecule has 0 bridgehead atoms. The molecule has 1 aliphatic heterocycles. The van der Waals surface area contributed by atoms with Gasteiger partial charge in [-0.25, -0.2) is 0 Å². The molecule has 0 radical (unpaired) electrons. The molecule has 0 atom stereocenters. The second kappa shape index (κ2) is 8.00. The highest BCUT2D eigenvalue weighted by Crippen LogP contribution is 2.46. The Morgan fingerprint density at radius 1 is 1.08 bits per heavy atom. The molecule has 0 saturated carbocycles. The third-order valence-electron chi connectivity index (χ3n) is 4.47. The number of carbonyl (C=O) groups excluding carboxylic acids is 3. The monoisotopic (exact) mass is 349 g/mol. The zero-order chi connectivity index (χ0) is 18.4. The number of rotatable bonds is 8. The van der Waals surface area contributed by atoms with E-state index in [0.717, 1.165) is 5.56 Å². The molecule has 1 aromatic rings. The average molecular weight is 349 g/mol. The van der Waals surface area contributed by atoms with Crippen molar-refractivity contribution in [3.63, 3.8) is 0 Å². The highest BCUT2D eigenvalue weighted by atomic mass is 16.5. The van der Waals surface area contributed by atoms with Gasteiger partial charge >= 0.3 is 11.9 Å². The minimum Gasteiger partial charge on any atom is -0.494 e. The van der Waals surface area contributed by atoms with Crippen molar-refractivity contribution >= 4 is 23.5 Å². The lowest BCUT2D eigenvalue weighted by Gasteiger charge is -2.27. The van der Waals surface area contributed by atoms with Crippen LogP contribution in [-0.4, -0.2) is 38.7 Å². The summed E-state index contributed by atoms with van der Waals surface area (Å²) in [5, 5.41) is 2.84. The molecule has 2 rings (SSSR count). The second-order valence-electron chi connectivity index (χ2n) is 5.83. The minimum atomic E-state index is -0.995. The molecule has 7 nitrogen and oxygen atoms in total. The van der Waals surface area contributed by atoms with Crippen LogP contribution in [0, 0.1) is 0 Å². The Morgan fingerprint density at radius 3 is 2.20 bits per heavy atom. The van der Waals surface area contributed by atoms with Crippen molar-refractivity contribution in [2.75, 3.05) is 26.1 Å².